The lowest BCUT2D eigenvalue weighted by Gasteiger charge is -2.12. The van der Waals surface area contributed by atoms with E-state index in [4.69, 9.17) is 0 Å². The van der Waals surface area contributed by atoms with Crippen molar-refractivity contribution >= 4 is 11.8 Å². The second kappa shape index (κ2) is 4.66. The van der Waals surface area contributed by atoms with Crippen molar-refractivity contribution in [3.05, 3.63) is 23.8 Å². The zero-order chi connectivity index (χ0) is 13.3. The number of imide groups is 1. The highest BCUT2D eigenvalue weighted by Crippen LogP contribution is 2.28. The van der Waals surface area contributed by atoms with E-state index >= 15 is 0 Å². The number of benzene rings is 1. The molecule has 6 nitrogen and oxygen atoms in total. The molecule has 0 saturated carbocycles. The summed E-state index contributed by atoms with van der Waals surface area (Å²) in [5.74, 6) is -0.923. The summed E-state index contributed by atoms with van der Waals surface area (Å²) in [7, 11) is 1.44. The fraction of sp³-hybridized carbons (Fsp3) is 0.333. The Hall–Kier alpha value is -2.08. The van der Waals surface area contributed by atoms with Gasteiger partial charge < -0.3 is 15.5 Å². The number of likely N-dealkylation sites (N-methyl/N-ethyl adjacent to an activating group) is 1. The highest BCUT2D eigenvalue weighted by molar-refractivity contribution is 6.05. The Morgan fingerprint density at radius 3 is 2.72 bits per heavy atom. The maximum atomic E-state index is 11.6. The summed E-state index contributed by atoms with van der Waals surface area (Å²) < 4.78 is 0. The monoisotopic (exact) mass is 250 g/mol. The number of hydrogen-bond acceptors (Lipinski definition) is 5. The van der Waals surface area contributed by atoms with Gasteiger partial charge >= 0.3 is 0 Å². The molecule has 0 spiro atoms. The van der Waals surface area contributed by atoms with Gasteiger partial charge in [-0.2, -0.15) is 0 Å². The lowest BCUT2D eigenvalue weighted by Crippen LogP contribution is -2.36. The number of phenols is 2. The van der Waals surface area contributed by atoms with Crippen LogP contribution in [0.4, 0.5) is 0 Å². The van der Waals surface area contributed by atoms with E-state index in [0.717, 1.165) is 4.90 Å². The Labute approximate surface area is 104 Å². The molecule has 2 rings (SSSR count). The van der Waals surface area contributed by atoms with Gasteiger partial charge in [0.15, 0.2) is 11.5 Å². The SMILES string of the molecule is CN1C(=O)CC(NCc2cccc(O)c2O)C1=O. The quantitative estimate of drug-likeness (QED) is 0.516. The summed E-state index contributed by atoms with van der Waals surface area (Å²) in [6.45, 7) is 0.206. The molecule has 6 heteroatoms. The van der Waals surface area contributed by atoms with Gasteiger partial charge in [0.1, 0.15) is 0 Å². The topological polar surface area (TPSA) is 89.9 Å². The average Bonchev–Trinajstić information content (AvgIpc) is 2.59. The molecule has 0 aliphatic carbocycles. The van der Waals surface area contributed by atoms with Crippen LogP contribution in [0.5, 0.6) is 11.5 Å². The number of nitrogens with zero attached hydrogens (tertiary/aromatic N) is 1. The number of phenolic OH excluding ortho intramolecular Hbond substituents is 2. The molecule has 1 atom stereocenters. The standard InChI is InChI=1S/C12H14N2O4/c1-14-10(16)5-8(12(14)18)13-6-7-3-2-4-9(15)11(7)17/h2-4,8,13,15,17H,5-6H2,1H3. The first-order valence-corrected chi connectivity index (χ1v) is 5.54. The van der Waals surface area contributed by atoms with Crippen LogP contribution < -0.4 is 5.32 Å². The summed E-state index contributed by atoms with van der Waals surface area (Å²) in [6, 6.07) is 4.04. The van der Waals surface area contributed by atoms with Crippen molar-refractivity contribution in [2.45, 2.75) is 19.0 Å². The zero-order valence-corrected chi connectivity index (χ0v) is 9.88. The third-order valence-corrected chi connectivity index (χ3v) is 3.02. The van der Waals surface area contributed by atoms with Crippen molar-refractivity contribution in [3.63, 3.8) is 0 Å². The van der Waals surface area contributed by atoms with Gasteiger partial charge in [-0.15, -0.1) is 0 Å². The molecule has 3 N–H and O–H groups in total. The molecule has 2 amide bonds. The molecule has 1 unspecified atom stereocenters. The van der Waals surface area contributed by atoms with Crippen molar-refractivity contribution in [1.29, 1.82) is 0 Å². The number of nitrogens with one attached hydrogen (secondary N) is 1. The average molecular weight is 250 g/mol. The second-order valence-corrected chi connectivity index (χ2v) is 4.21. The van der Waals surface area contributed by atoms with Crippen LogP contribution in [-0.2, 0) is 16.1 Å². The van der Waals surface area contributed by atoms with Crippen LogP contribution in [-0.4, -0.2) is 40.0 Å². The molecule has 1 saturated heterocycles. The van der Waals surface area contributed by atoms with Gasteiger partial charge in [0.2, 0.25) is 11.8 Å². The lowest BCUT2D eigenvalue weighted by atomic mass is 10.1. The van der Waals surface area contributed by atoms with Gasteiger partial charge in [-0.1, -0.05) is 12.1 Å². The number of hydrogen-bond donors (Lipinski definition) is 3. The number of rotatable bonds is 3. The minimum atomic E-state index is -0.566. The Balaban J connectivity index is 2.03. The van der Waals surface area contributed by atoms with E-state index in [9.17, 15) is 19.8 Å². The molecule has 1 aromatic rings. The Morgan fingerprint density at radius 1 is 1.39 bits per heavy atom. The summed E-state index contributed by atoms with van der Waals surface area (Å²) in [6.07, 6.45) is 0.120. The number of para-hydroxylation sites is 1. The van der Waals surface area contributed by atoms with E-state index in [1.807, 2.05) is 0 Å². The van der Waals surface area contributed by atoms with E-state index in [-0.39, 0.29) is 36.3 Å². The van der Waals surface area contributed by atoms with Crippen LogP contribution in [0.25, 0.3) is 0 Å². The number of likely N-dealkylation sites (tertiary alicyclic amines) is 1. The van der Waals surface area contributed by atoms with Crippen LogP contribution in [0.15, 0.2) is 18.2 Å². The van der Waals surface area contributed by atoms with Crippen molar-refractivity contribution in [1.82, 2.24) is 10.2 Å². The number of carbonyl (C=O) groups excluding carboxylic acids is 2. The Morgan fingerprint density at radius 2 is 2.11 bits per heavy atom. The van der Waals surface area contributed by atoms with E-state index < -0.39 is 6.04 Å². The largest absolute Gasteiger partial charge is 0.504 e. The maximum absolute atomic E-state index is 11.6. The van der Waals surface area contributed by atoms with E-state index in [1.165, 1.54) is 13.1 Å². The predicted molar refractivity (Wildman–Crippen MR) is 62.8 cm³/mol. The van der Waals surface area contributed by atoms with Crippen molar-refractivity contribution in [3.8, 4) is 11.5 Å². The van der Waals surface area contributed by atoms with Crippen LogP contribution >= 0.6 is 0 Å². The molecule has 1 fully saturated rings. The third kappa shape index (κ3) is 2.14. The summed E-state index contributed by atoms with van der Waals surface area (Å²) in [5.41, 5.74) is 0.477. The highest BCUT2D eigenvalue weighted by atomic mass is 16.3. The molecule has 0 radical (unpaired) electrons. The molecule has 0 bridgehead atoms. The van der Waals surface area contributed by atoms with E-state index in [2.05, 4.69) is 5.32 Å². The third-order valence-electron chi connectivity index (χ3n) is 3.02. The predicted octanol–water partition coefficient (Wildman–Crippen LogP) is -0.0553. The zero-order valence-electron chi connectivity index (χ0n) is 9.88. The number of carbonyl (C=O) groups is 2. The highest BCUT2D eigenvalue weighted by Gasteiger charge is 2.35. The first-order chi connectivity index (χ1) is 8.50. The minimum absolute atomic E-state index is 0.120. The number of aromatic hydroxyl groups is 2. The van der Waals surface area contributed by atoms with Crippen molar-refractivity contribution in [2.24, 2.45) is 0 Å². The Bertz CT molecular complexity index is 501. The summed E-state index contributed by atoms with van der Waals surface area (Å²) >= 11 is 0. The van der Waals surface area contributed by atoms with E-state index in [0.29, 0.717) is 5.56 Å². The molecule has 1 aliphatic heterocycles. The van der Waals surface area contributed by atoms with Gasteiger partial charge in [-0.3, -0.25) is 14.5 Å². The first-order valence-electron chi connectivity index (χ1n) is 5.54. The maximum Gasteiger partial charge on any atom is 0.246 e. The van der Waals surface area contributed by atoms with Crippen molar-refractivity contribution < 1.29 is 19.8 Å². The van der Waals surface area contributed by atoms with Crippen LogP contribution in [0.3, 0.4) is 0 Å². The molecule has 96 valence electrons. The van der Waals surface area contributed by atoms with Crippen molar-refractivity contribution in [2.75, 3.05) is 7.05 Å². The van der Waals surface area contributed by atoms with Gasteiger partial charge in [0.25, 0.3) is 0 Å². The van der Waals surface area contributed by atoms with E-state index in [1.54, 1.807) is 12.1 Å². The first kappa shape index (κ1) is 12.4. The van der Waals surface area contributed by atoms with Gasteiger partial charge in [0.05, 0.1) is 12.5 Å². The van der Waals surface area contributed by atoms with Crippen LogP contribution in [0.1, 0.15) is 12.0 Å². The smallest absolute Gasteiger partial charge is 0.246 e. The summed E-state index contributed by atoms with van der Waals surface area (Å²) in [5, 5.41) is 21.8. The Kier molecular flexibility index (Phi) is 3.20. The van der Waals surface area contributed by atoms with Gasteiger partial charge in [-0.05, 0) is 6.07 Å². The van der Waals surface area contributed by atoms with Gasteiger partial charge in [0, 0.05) is 19.2 Å². The second-order valence-electron chi connectivity index (χ2n) is 4.21. The molecule has 0 aromatic heterocycles. The molecular weight excluding hydrogens is 236 g/mol. The molecule has 1 heterocycles. The van der Waals surface area contributed by atoms with Gasteiger partial charge in [-0.25, -0.2) is 0 Å². The normalized spacial score (nSPS) is 19.6. The minimum Gasteiger partial charge on any atom is -0.504 e. The molecular formula is C12H14N2O4. The fourth-order valence-electron chi connectivity index (χ4n) is 1.87. The lowest BCUT2D eigenvalue weighted by molar-refractivity contribution is -0.137. The summed E-state index contributed by atoms with van der Waals surface area (Å²) in [4.78, 5) is 24.0. The molecule has 1 aromatic carbocycles. The molecule has 1 aliphatic rings. The van der Waals surface area contributed by atoms with Crippen LogP contribution in [0, 0.1) is 0 Å². The number of amides is 2. The molecule has 18 heavy (non-hydrogen) atoms. The van der Waals surface area contributed by atoms with Crippen LogP contribution in [0.2, 0.25) is 0 Å². The fourth-order valence-corrected chi connectivity index (χ4v) is 1.87.